The Kier molecular flexibility index (Phi) is 6.04. The molecule has 0 radical (unpaired) electrons. The van der Waals surface area contributed by atoms with E-state index in [1.165, 1.54) is 0 Å². The average Bonchev–Trinajstić information content (AvgIpc) is 3.05. The van der Waals surface area contributed by atoms with Gasteiger partial charge in [-0.25, -0.2) is 4.98 Å². The van der Waals surface area contributed by atoms with E-state index in [9.17, 15) is 9.59 Å². The molecule has 0 aliphatic carbocycles. The highest BCUT2D eigenvalue weighted by Crippen LogP contribution is 2.24. The summed E-state index contributed by atoms with van der Waals surface area (Å²) in [5.74, 6) is -0.866. The molecule has 7 heteroatoms. The number of rotatable bonds is 6. The molecule has 146 valence electrons. The van der Waals surface area contributed by atoms with Crippen molar-refractivity contribution in [3.05, 3.63) is 53.1 Å². The van der Waals surface area contributed by atoms with E-state index in [2.05, 4.69) is 10.3 Å². The van der Waals surface area contributed by atoms with Gasteiger partial charge in [0, 0.05) is 5.69 Å². The van der Waals surface area contributed by atoms with Crippen molar-refractivity contribution in [2.75, 3.05) is 11.1 Å². The van der Waals surface area contributed by atoms with E-state index in [4.69, 9.17) is 9.15 Å². The van der Waals surface area contributed by atoms with Gasteiger partial charge in [-0.05, 0) is 51.0 Å². The third-order valence-corrected chi connectivity index (χ3v) is 4.99. The molecule has 0 aliphatic rings. The van der Waals surface area contributed by atoms with Crippen molar-refractivity contribution in [1.29, 1.82) is 0 Å². The lowest BCUT2D eigenvalue weighted by atomic mass is 10.0. The minimum atomic E-state index is -0.906. The maximum Gasteiger partial charge on any atom is 0.317 e. The van der Waals surface area contributed by atoms with Gasteiger partial charge in [-0.3, -0.25) is 9.59 Å². The summed E-state index contributed by atoms with van der Waals surface area (Å²) < 4.78 is 10.8. The van der Waals surface area contributed by atoms with Gasteiger partial charge in [0.1, 0.15) is 11.3 Å². The third kappa shape index (κ3) is 4.72. The van der Waals surface area contributed by atoms with Crippen LogP contribution in [0.25, 0.3) is 11.1 Å². The Morgan fingerprint density at radius 2 is 1.86 bits per heavy atom. The maximum atomic E-state index is 12.4. The van der Waals surface area contributed by atoms with Crippen LogP contribution in [0.1, 0.15) is 23.6 Å². The lowest BCUT2D eigenvalue weighted by Gasteiger charge is -2.16. The van der Waals surface area contributed by atoms with Gasteiger partial charge in [0.25, 0.3) is 11.1 Å². The molecule has 1 aromatic heterocycles. The molecule has 2 aromatic carbocycles. The first kappa shape index (κ1) is 19.9. The van der Waals surface area contributed by atoms with Gasteiger partial charge in [0.15, 0.2) is 11.7 Å². The number of nitrogens with one attached hydrogen (secondary N) is 1. The quantitative estimate of drug-likeness (QED) is 0.489. The highest BCUT2D eigenvalue weighted by Gasteiger charge is 2.20. The van der Waals surface area contributed by atoms with Crippen molar-refractivity contribution in [2.45, 2.75) is 39.0 Å². The Bertz CT molecular complexity index is 972. The van der Waals surface area contributed by atoms with E-state index in [0.717, 1.165) is 39.7 Å². The zero-order chi connectivity index (χ0) is 20.3. The number of amides is 1. The van der Waals surface area contributed by atoms with Crippen molar-refractivity contribution in [3.63, 3.8) is 0 Å². The molecule has 3 aromatic rings. The lowest BCUT2D eigenvalue weighted by molar-refractivity contribution is -0.150. The molecule has 0 unspecified atom stereocenters. The molecule has 0 spiro atoms. The molecule has 3 rings (SSSR count). The SMILES string of the molecule is Cc1cc(C)c(NC(=O)[C@@H](C)OC(=O)CSc2nc3ccccc3o2)c(C)c1. The number of para-hydroxylation sites is 2. The lowest BCUT2D eigenvalue weighted by Crippen LogP contribution is -2.31. The third-order valence-electron chi connectivity index (χ3n) is 4.19. The summed E-state index contributed by atoms with van der Waals surface area (Å²) in [6.07, 6.45) is -0.906. The van der Waals surface area contributed by atoms with Crippen LogP contribution >= 0.6 is 11.8 Å². The zero-order valence-corrected chi connectivity index (χ0v) is 17.1. The predicted molar refractivity (Wildman–Crippen MR) is 110 cm³/mol. The molecule has 0 fully saturated rings. The van der Waals surface area contributed by atoms with E-state index >= 15 is 0 Å². The first-order chi connectivity index (χ1) is 13.3. The van der Waals surface area contributed by atoms with E-state index in [1.807, 2.05) is 57.2 Å². The zero-order valence-electron chi connectivity index (χ0n) is 16.2. The number of oxazole rings is 1. The van der Waals surface area contributed by atoms with Crippen LogP contribution in [0.5, 0.6) is 0 Å². The molecule has 1 amide bonds. The van der Waals surface area contributed by atoms with Crippen LogP contribution in [-0.2, 0) is 14.3 Å². The van der Waals surface area contributed by atoms with Crippen molar-refractivity contribution < 1.29 is 18.7 Å². The largest absolute Gasteiger partial charge is 0.452 e. The topological polar surface area (TPSA) is 81.4 Å². The van der Waals surface area contributed by atoms with E-state index in [1.54, 1.807) is 6.92 Å². The Labute approximate surface area is 167 Å². The first-order valence-electron chi connectivity index (χ1n) is 8.90. The summed E-state index contributed by atoms with van der Waals surface area (Å²) in [5, 5.41) is 3.24. The van der Waals surface area contributed by atoms with Gasteiger partial charge in [0.2, 0.25) is 0 Å². The number of carbonyl (C=O) groups is 2. The Morgan fingerprint density at radius 3 is 2.54 bits per heavy atom. The summed E-state index contributed by atoms with van der Waals surface area (Å²) in [6.45, 7) is 7.42. The van der Waals surface area contributed by atoms with Gasteiger partial charge in [0.05, 0.1) is 0 Å². The second-order valence-corrected chi connectivity index (χ2v) is 7.56. The summed E-state index contributed by atoms with van der Waals surface area (Å²) >= 11 is 1.13. The second-order valence-electron chi connectivity index (χ2n) is 6.63. The smallest absolute Gasteiger partial charge is 0.317 e. The summed E-state index contributed by atoms with van der Waals surface area (Å²) in [7, 11) is 0. The van der Waals surface area contributed by atoms with Crippen LogP contribution in [0.3, 0.4) is 0 Å². The fraction of sp³-hybridized carbons (Fsp3) is 0.286. The van der Waals surface area contributed by atoms with Gasteiger partial charge in [-0.2, -0.15) is 0 Å². The molecule has 1 atom stereocenters. The highest BCUT2D eigenvalue weighted by atomic mass is 32.2. The molecule has 1 heterocycles. The monoisotopic (exact) mass is 398 g/mol. The summed E-state index contributed by atoms with van der Waals surface area (Å²) in [5.41, 5.74) is 5.21. The van der Waals surface area contributed by atoms with Crippen molar-refractivity contribution >= 4 is 40.4 Å². The summed E-state index contributed by atoms with van der Waals surface area (Å²) in [4.78, 5) is 28.8. The van der Waals surface area contributed by atoms with Crippen LogP contribution in [0.2, 0.25) is 0 Å². The molecule has 6 nitrogen and oxygen atoms in total. The minimum Gasteiger partial charge on any atom is -0.452 e. The van der Waals surface area contributed by atoms with E-state index in [-0.39, 0.29) is 11.7 Å². The molecule has 0 aliphatic heterocycles. The molecule has 0 saturated carbocycles. The number of esters is 1. The van der Waals surface area contributed by atoms with E-state index in [0.29, 0.717) is 10.8 Å². The van der Waals surface area contributed by atoms with Crippen molar-refractivity contribution in [3.8, 4) is 0 Å². The van der Waals surface area contributed by atoms with Gasteiger partial charge in [-0.15, -0.1) is 0 Å². The molecule has 0 saturated heterocycles. The molecular weight excluding hydrogens is 376 g/mol. The van der Waals surface area contributed by atoms with Gasteiger partial charge in [-0.1, -0.05) is 41.6 Å². The maximum absolute atomic E-state index is 12.4. The number of thioether (sulfide) groups is 1. The van der Waals surface area contributed by atoms with Crippen LogP contribution in [0.15, 0.2) is 46.0 Å². The van der Waals surface area contributed by atoms with Crippen molar-refractivity contribution in [1.82, 2.24) is 4.98 Å². The number of aryl methyl sites for hydroxylation is 3. The number of nitrogens with zero attached hydrogens (tertiary/aromatic N) is 1. The van der Waals surface area contributed by atoms with Crippen LogP contribution in [0.4, 0.5) is 5.69 Å². The van der Waals surface area contributed by atoms with E-state index < -0.39 is 12.1 Å². The number of hydrogen-bond acceptors (Lipinski definition) is 6. The number of anilines is 1. The highest BCUT2D eigenvalue weighted by molar-refractivity contribution is 7.99. The fourth-order valence-corrected chi connectivity index (χ4v) is 3.54. The van der Waals surface area contributed by atoms with Gasteiger partial charge >= 0.3 is 5.97 Å². The number of aromatic nitrogens is 1. The number of hydrogen-bond donors (Lipinski definition) is 1. The molecule has 1 N–H and O–H groups in total. The fourth-order valence-electron chi connectivity index (χ4n) is 2.92. The Hall–Kier alpha value is -2.80. The predicted octanol–water partition coefficient (Wildman–Crippen LogP) is 4.42. The van der Waals surface area contributed by atoms with Crippen LogP contribution in [0, 0.1) is 20.8 Å². The molecule has 0 bridgehead atoms. The van der Waals surface area contributed by atoms with Crippen molar-refractivity contribution in [2.24, 2.45) is 0 Å². The molecule has 28 heavy (non-hydrogen) atoms. The Morgan fingerprint density at radius 1 is 1.18 bits per heavy atom. The van der Waals surface area contributed by atoms with Crippen LogP contribution in [-0.4, -0.2) is 28.7 Å². The summed E-state index contributed by atoms with van der Waals surface area (Å²) in [6, 6.07) is 11.4. The van der Waals surface area contributed by atoms with Gasteiger partial charge < -0.3 is 14.5 Å². The average molecular weight is 398 g/mol. The Balaban J connectivity index is 1.54. The number of carbonyl (C=O) groups excluding carboxylic acids is 2. The molecular formula is C21H22N2O4S. The normalized spacial score (nSPS) is 12.0. The number of fused-ring (bicyclic) bond motifs is 1. The second kappa shape index (κ2) is 8.48. The van der Waals surface area contributed by atoms with Crippen LogP contribution < -0.4 is 5.32 Å². The standard InChI is InChI=1S/C21H22N2O4S/c1-12-9-13(2)19(14(3)10-12)23-20(25)15(4)26-18(24)11-28-21-22-16-7-5-6-8-17(16)27-21/h5-10,15H,11H2,1-4H3,(H,23,25)/t15-/m1/s1. The number of ether oxygens (including phenoxy) is 1. The minimum absolute atomic E-state index is 0.00697. The first-order valence-corrected chi connectivity index (χ1v) is 9.88. The number of benzene rings is 2.